The summed E-state index contributed by atoms with van der Waals surface area (Å²) in [6.45, 7) is -0.682. The molecule has 4 N–H and O–H groups in total. The quantitative estimate of drug-likeness (QED) is 0.366. The Hall–Kier alpha value is -3.18. The standard InChI is InChI=1S/C10H14N6O6/c1-21-5(17)3-11-9(19)7-13-15-8(16-14-7)10(20)12-4-6(18)22-2/h3-4H2,1-2H3,(H,11,19)(H,12,20)(H,13,14)(H,15,16). The molecule has 0 saturated carbocycles. The molecule has 1 rings (SSSR count). The monoisotopic (exact) mass is 314 g/mol. The summed E-state index contributed by atoms with van der Waals surface area (Å²) in [5, 5.41) is 11.6. The zero-order chi connectivity index (χ0) is 16.5. The second-order valence-corrected chi connectivity index (χ2v) is 3.66. The molecule has 0 atom stereocenters. The van der Waals surface area contributed by atoms with Crippen LogP contribution in [-0.4, -0.2) is 62.7 Å². The van der Waals surface area contributed by atoms with Crippen LogP contribution in [0.15, 0.2) is 10.2 Å². The van der Waals surface area contributed by atoms with Gasteiger partial charge in [0.2, 0.25) is 11.7 Å². The van der Waals surface area contributed by atoms with E-state index in [9.17, 15) is 19.2 Å². The molecule has 0 bridgehead atoms. The number of methoxy groups -OCH3 is 2. The van der Waals surface area contributed by atoms with Crippen molar-refractivity contribution in [3.63, 3.8) is 0 Å². The zero-order valence-electron chi connectivity index (χ0n) is 11.8. The maximum absolute atomic E-state index is 11.6. The maximum atomic E-state index is 11.6. The van der Waals surface area contributed by atoms with Gasteiger partial charge in [-0.1, -0.05) is 0 Å². The molecule has 2 amide bonds. The molecule has 1 aliphatic heterocycles. The third-order valence-electron chi connectivity index (χ3n) is 2.22. The summed E-state index contributed by atoms with van der Waals surface area (Å²) in [5.41, 5.74) is 4.46. The van der Waals surface area contributed by atoms with Crippen molar-refractivity contribution in [3.8, 4) is 0 Å². The molecular weight excluding hydrogens is 300 g/mol. The van der Waals surface area contributed by atoms with Gasteiger partial charge in [-0.2, -0.15) is 0 Å². The van der Waals surface area contributed by atoms with E-state index in [1.54, 1.807) is 0 Å². The van der Waals surface area contributed by atoms with Crippen LogP contribution in [0.3, 0.4) is 0 Å². The Labute approximate surface area is 124 Å². The average molecular weight is 314 g/mol. The number of carbonyl (C=O) groups excluding carboxylic acids is 4. The molecule has 12 nitrogen and oxygen atoms in total. The molecule has 0 aliphatic carbocycles. The predicted molar refractivity (Wildman–Crippen MR) is 71.2 cm³/mol. The molecule has 120 valence electrons. The van der Waals surface area contributed by atoms with Gasteiger partial charge in [0.05, 0.1) is 14.2 Å². The Bertz CT molecular complexity index is 494. The van der Waals surface area contributed by atoms with Gasteiger partial charge < -0.3 is 20.1 Å². The van der Waals surface area contributed by atoms with E-state index in [0.717, 1.165) is 0 Å². The summed E-state index contributed by atoms with van der Waals surface area (Å²) < 4.78 is 8.69. The Balaban J connectivity index is 2.43. The number of rotatable bonds is 6. The van der Waals surface area contributed by atoms with E-state index >= 15 is 0 Å². The molecule has 0 unspecified atom stereocenters. The van der Waals surface area contributed by atoms with E-state index in [2.05, 4.69) is 41.2 Å². The van der Waals surface area contributed by atoms with Gasteiger partial charge >= 0.3 is 11.9 Å². The Morgan fingerprint density at radius 2 is 1.23 bits per heavy atom. The highest BCUT2D eigenvalue weighted by atomic mass is 16.5. The topological polar surface area (TPSA) is 160 Å². The minimum absolute atomic E-state index is 0.256. The van der Waals surface area contributed by atoms with Crippen LogP contribution in [0.25, 0.3) is 0 Å². The lowest BCUT2D eigenvalue weighted by molar-refractivity contribution is -0.141. The van der Waals surface area contributed by atoms with Crippen LogP contribution in [0, 0.1) is 0 Å². The number of hydrogen-bond donors (Lipinski definition) is 4. The first-order valence-corrected chi connectivity index (χ1v) is 5.85. The second kappa shape index (κ2) is 8.18. The summed E-state index contributed by atoms with van der Waals surface area (Å²) in [4.78, 5) is 44.9. The van der Waals surface area contributed by atoms with Crippen molar-refractivity contribution in [1.29, 1.82) is 0 Å². The van der Waals surface area contributed by atoms with Crippen LogP contribution < -0.4 is 21.5 Å². The summed E-state index contributed by atoms with van der Waals surface area (Å²) in [7, 11) is 2.35. The Morgan fingerprint density at radius 3 is 1.50 bits per heavy atom. The number of hydrazone groups is 2. The average Bonchev–Trinajstić information content (AvgIpc) is 2.56. The van der Waals surface area contributed by atoms with E-state index in [0.29, 0.717) is 0 Å². The van der Waals surface area contributed by atoms with E-state index in [1.165, 1.54) is 14.2 Å². The van der Waals surface area contributed by atoms with Gasteiger partial charge in [-0.25, -0.2) is 0 Å². The molecule has 1 heterocycles. The van der Waals surface area contributed by atoms with Crippen molar-refractivity contribution >= 4 is 35.4 Å². The fraction of sp³-hybridized carbons (Fsp3) is 0.400. The van der Waals surface area contributed by atoms with Crippen molar-refractivity contribution < 1.29 is 28.7 Å². The first-order chi connectivity index (χ1) is 10.5. The minimum Gasteiger partial charge on any atom is -0.468 e. The Kier molecular flexibility index (Phi) is 6.28. The third-order valence-corrected chi connectivity index (χ3v) is 2.22. The first kappa shape index (κ1) is 16.9. The lowest BCUT2D eigenvalue weighted by Crippen LogP contribution is -2.49. The molecule has 0 saturated heterocycles. The van der Waals surface area contributed by atoms with Gasteiger partial charge in [0.25, 0.3) is 11.8 Å². The zero-order valence-corrected chi connectivity index (χ0v) is 11.8. The van der Waals surface area contributed by atoms with Crippen LogP contribution >= 0.6 is 0 Å². The van der Waals surface area contributed by atoms with Crippen LogP contribution in [0.2, 0.25) is 0 Å². The lowest BCUT2D eigenvalue weighted by atomic mass is 10.5. The predicted octanol–water partition coefficient (Wildman–Crippen LogP) is -3.62. The van der Waals surface area contributed by atoms with Crippen LogP contribution in [0.5, 0.6) is 0 Å². The molecule has 1 aliphatic rings. The summed E-state index contributed by atoms with van der Waals surface area (Å²) in [5.74, 6) is -3.23. The molecule has 0 fully saturated rings. The number of amidine groups is 2. The maximum Gasteiger partial charge on any atom is 0.325 e. The second-order valence-electron chi connectivity index (χ2n) is 3.66. The van der Waals surface area contributed by atoms with Gasteiger partial charge in [-0.15, -0.1) is 10.2 Å². The number of ether oxygens (including phenoxy) is 2. The number of esters is 2. The number of nitrogens with one attached hydrogen (secondary N) is 4. The van der Waals surface area contributed by atoms with E-state index in [-0.39, 0.29) is 24.8 Å². The van der Waals surface area contributed by atoms with Crippen molar-refractivity contribution in [2.45, 2.75) is 0 Å². The van der Waals surface area contributed by atoms with Crippen molar-refractivity contribution in [1.82, 2.24) is 21.5 Å². The van der Waals surface area contributed by atoms with Gasteiger partial charge in [-0.3, -0.25) is 30.0 Å². The van der Waals surface area contributed by atoms with Gasteiger partial charge in [0.1, 0.15) is 13.1 Å². The summed E-state index contributed by atoms with van der Waals surface area (Å²) in [6.07, 6.45) is 0. The highest BCUT2D eigenvalue weighted by Crippen LogP contribution is 1.86. The smallest absolute Gasteiger partial charge is 0.325 e. The highest BCUT2D eigenvalue weighted by Gasteiger charge is 2.20. The molecular formula is C10H14N6O6. The molecule has 22 heavy (non-hydrogen) atoms. The van der Waals surface area contributed by atoms with Gasteiger partial charge in [-0.05, 0) is 0 Å². The van der Waals surface area contributed by atoms with Crippen molar-refractivity contribution in [3.05, 3.63) is 0 Å². The Morgan fingerprint density at radius 1 is 0.864 bits per heavy atom. The SMILES string of the molecule is COC(=O)CNC(=O)C1=NNC(C(=O)NCC(=O)OC)=NN1. The molecule has 0 aromatic rings. The number of hydrogen-bond acceptors (Lipinski definition) is 10. The largest absolute Gasteiger partial charge is 0.468 e. The fourth-order valence-corrected chi connectivity index (χ4v) is 1.09. The van der Waals surface area contributed by atoms with E-state index < -0.39 is 23.8 Å². The normalized spacial score (nSPS) is 12.6. The molecule has 0 aromatic carbocycles. The van der Waals surface area contributed by atoms with Crippen molar-refractivity contribution in [2.75, 3.05) is 27.3 Å². The highest BCUT2D eigenvalue weighted by molar-refractivity contribution is 6.42. The van der Waals surface area contributed by atoms with Gasteiger partial charge in [0.15, 0.2) is 0 Å². The number of carbonyl (C=O) groups is 4. The van der Waals surface area contributed by atoms with Gasteiger partial charge in [0, 0.05) is 0 Å². The minimum atomic E-state index is -0.726. The van der Waals surface area contributed by atoms with Crippen LogP contribution in [0.1, 0.15) is 0 Å². The summed E-state index contributed by atoms with van der Waals surface area (Å²) >= 11 is 0. The number of amides is 2. The molecule has 0 aromatic heterocycles. The lowest BCUT2D eigenvalue weighted by Gasteiger charge is -2.13. The first-order valence-electron chi connectivity index (χ1n) is 5.85. The number of nitrogens with zero attached hydrogens (tertiary/aromatic N) is 2. The molecule has 0 spiro atoms. The third kappa shape index (κ3) is 5.07. The van der Waals surface area contributed by atoms with E-state index in [1.807, 2.05) is 0 Å². The molecule has 12 heteroatoms. The summed E-state index contributed by atoms with van der Waals surface area (Å²) in [6, 6.07) is 0. The van der Waals surface area contributed by atoms with Crippen molar-refractivity contribution in [2.24, 2.45) is 10.2 Å². The van der Waals surface area contributed by atoms with Crippen LogP contribution in [0.4, 0.5) is 0 Å². The van der Waals surface area contributed by atoms with Crippen LogP contribution in [-0.2, 0) is 28.7 Å². The van der Waals surface area contributed by atoms with E-state index in [4.69, 9.17) is 0 Å². The fourth-order valence-electron chi connectivity index (χ4n) is 1.09. The molecule has 0 radical (unpaired) electrons.